The van der Waals surface area contributed by atoms with Gasteiger partial charge in [0, 0.05) is 25.7 Å². The number of piperidine rings is 1. The summed E-state index contributed by atoms with van der Waals surface area (Å²) in [6.07, 6.45) is 4.02. The molecule has 1 fully saturated rings. The summed E-state index contributed by atoms with van der Waals surface area (Å²) in [7, 11) is 0. The third kappa shape index (κ3) is 4.94. The molecular weight excluding hydrogens is 326 g/mol. The summed E-state index contributed by atoms with van der Waals surface area (Å²) >= 11 is 0. The maximum atomic E-state index is 12.3. The summed E-state index contributed by atoms with van der Waals surface area (Å²) in [5.74, 6) is 2.22. The van der Waals surface area contributed by atoms with Gasteiger partial charge in [-0.1, -0.05) is 37.3 Å². The number of amides is 1. The van der Waals surface area contributed by atoms with Crippen molar-refractivity contribution in [3.63, 3.8) is 0 Å². The maximum absolute atomic E-state index is 12.3. The van der Waals surface area contributed by atoms with Crippen LogP contribution < -0.4 is 15.5 Å². The van der Waals surface area contributed by atoms with E-state index >= 15 is 0 Å². The molecule has 2 N–H and O–H groups in total. The zero-order chi connectivity index (χ0) is 18.4. The van der Waals surface area contributed by atoms with Crippen molar-refractivity contribution >= 4 is 17.5 Å². The van der Waals surface area contributed by atoms with Crippen LogP contribution in [0.5, 0.6) is 0 Å². The van der Waals surface area contributed by atoms with Crippen LogP contribution in [0.1, 0.15) is 32.3 Å². The second-order valence-corrected chi connectivity index (χ2v) is 7.02. The lowest BCUT2D eigenvalue weighted by atomic mass is 10.0. The fourth-order valence-corrected chi connectivity index (χ4v) is 3.22. The number of hydrogen-bond donors (Lipinski definition) is 2. The number of hydrogen-bond acceptors (Lipinski definition) is 5. The molecule has 0 saturated carbocycles. The van der Waals surface area contributed by atoms with Crippen molar-refractivity contribution < 1.29 is 4.79 Å². The van der Waals surface area contributed by atoms with Crippen LogP contribution in [-0.2, 0) is 11.3 Å². The van der Waals surface area contributed by atoms with Crippen LogP contribution in [0.2, 0.25) is 0 Å². The quantitative estimate of drug-likeness (QED) is 0.836. The Morgan fingerprint density at radius 3 is 2.88 bits per heavy atom. The Morgan fingerprint density at radius 2 is 2.12 bits per heavy atom. The molecule has 138 valence electrons. The van der Waals surface area contributed by atoms with Gasteiger partial charge in [0.15, 0.2) is 0 Å². The van der Waals surface area contributed by atoms with Crippen molar-refractivity contribution in [2.24, 2.45) is 5.92 Å². The highest BCUT2D eigenvalue weighted by atomic mass is 16.2. The van der Waals surface area contributed by atoms with Crippen molar-refractivity contribution in [2.45, 2.75) is 39.3 Å². The van der Waals surface area contributed by atoms with Gasteiger partial charge in [-0.05, 0) is 31.2 Å². The van der Waals surface area contributed by atoms with E-state index < -0.39 is 0 Å². The molecule has 0 aliphatic carbocycles. The van der Waals surface area contributed by atoms with E-state index in [2.05, 4.69) is 32.4 Å². The predicted octanol–water partition coefficient (Wildman–Crippen LogP) is 2.83. The van der Waals surface area contributed by atoms with Crippen molar-refractivity contribution in [1.82, 2.24) is 15.3 Å². The van der Waals surface area contributed by atoms with Gasteiger partial charge in [-0.15, -0.1) is 0 Å². The van der Waals surface area contributed by atoms with Gasteiger partial charge < -0.3 is 15.5 Å². The molecule has 0 spiro atoms. The van der Waals surface area contributed by atoms with Gasteiger partial charge in [-0.2, -0.15) is 0 Å². The van der Waals surface area contributed by atoms with Gasteiger partial charge >= 0.3 is 0 Å². The lowest BCUT2D eigenvalue weighted by Crippen LogP contribution is -2.37. The number of carbonyl (C=O) groups is 1. The van der Waals surface area contributed by atoms with Crippen LogP contribution in [0.15, 0.2) is 42.7 Å². The third-order valence-corrected chi connectivity index (χ3v) is 4.70. The summed E-state index contributed by atoms with van der Waals surface area (Å²) in [6, 6.07) is 11.4. The van der Waals surface area contributed by atoms with E-state index in [-0.39, 0.29) is 11.9 Å². The molecule has 1 aromatic carbocycles. The fraction of sp³-hybridized carbons (Fsp3) is 0.450. The Labute approximate surface area is 155 Å². The Hall–Kier alpha value is -2.63. The van der Waals surface area contributed by atoms with Crippen LogP contribution in [-0.4, -0.2) is 35.0 Å². The Bertz CT molecular complexity index is 721. The summed E-state index contributed by atoms with van der Waals surface area (Å²) < 4.78 is 0. The van der Waals surface area contributed by atoms with E-state index in [1.807, 2.05) is 43.3 Å². The Morgan fingerprint density at radius 1 is 1.31 bits per heavy atom. The molecule has 2 aromatic rings. The molecule has 1 amide bonds. The molecule has 1 saturated heterocycles. The number of carbonyl (C=O) groups excluding carboxylic acids is 1. The van der Waals surface area contributed by atoms with Crippen molar-refractivity contribution in [1.29, 1.82) is 0 Å². The number of nitrogens with zero attached hydrogens (tertiary/aromatic N) is 3. The van der Waals surface area contributed by atoms with E-state index in [0.717, 1.165) is 24.5 Å². The molecular formula is C20H27N5O. The molecule has 0 radical (unpaired) electrons. The third-order valence-electron chi connectivity index (χ3n) is 4.70. The molecule has 2 atom stereocenters. The molecule has 2 unspecified atom stereocenters. The molecule has 3 rings (SSSR count). The van der Waals surface area contributed by atoms with Crippen LogP contribution in [0.4, 0.5) is 11.6 Å². The first kappa shape index (κ1) is 18.2. The largest absolute Gasteiger partial charge is 0.358 e. The predicted molar refractivity (Wildman–Crippen MR) is 104 cm³/mol. The summed E-state index contributed by atoms with van der Waals surface area (Å²) in [5, 5.41) is 6.13. The van der Waals surface area contributed by atoms with Gasteiger partial charge in [0.25, 0.3) is 0 Å². The molecule has 0 bridgehead atoms. The molecule has 1 aliphatic rings. The monoisotopic (exact) mass is 353 g/mol. The van der Waals surface area contributed by atoms with E-state index in [1.54, 1.807) is 6.33 Å². The van der Waals surface area contributed by atoms with Gasteiger partial charge in [-0.25, -0.2) is 9.97 Å². The van der Waals surface area contributed by atoms with E-state index in [0.29, 0.717) is 18.3 Å². The first-order valence-corrected chi connectivity index (χ1v) is 9.27. The zero-order valence-electron chi connectivity index (χ0n) is 15.5. The second-order valence-electron chi connectivity index (χ2n) is 7.02. The van der Waals surface area contributed by atoms with E-state index in [4.69, 9.17) is 0 Å². The lowest BCUT2D eigenvalue weighted by molar-refractivity contribution is -0.121. The zero-order valence-corrected chi connectivity index (χ0v) is 15.5. The van der Waals surface area contributed by atoms with Gasteiger partial charge in [0.2, 0.25) is 5.91 Å². The van der Waals surface area contributed by atoms with Crippen LogP contribution in [0, 0.1) is 5.92 Å². The SMILES string of the molecule is CC1CCCN(c2cc(NC(C)C(=O)NCc3ccccc3)ncn2)C1. The Balaban J connectivity index is 1.56. The average molecular weight is 353 g/mol. The minimum atomic E-state index is -0.373. The molecule has 6 heteroatoms. The Kier molecular flexibility index (Phi) is 6.04. The number of rotatable bonds is 6. The fourth-order valence-electron chi connectivity index (χ4n) is 3.22. The highest BCUT2D eigenvalue weighted by Gasteiger charge is 2.19. The second kappa shape index (κ2) is 8.65. The van der Waals surface area contributed by atoms with Crippen LogP contribution in [0.25, 0.3) is 0 Å². The molecule has 1 aromatic heterocycles. The summed E-state index contributed by atoms with van der Waals surface area (Å²) in [5.41, 5.74) is 1.08. The van der Waals surface area contributed by atoms with Crippen LogP contribution in [0.3, 0.4) is 0 Å². The smallest absolute Gasteiger partial charge is 0.242 e. The van der Waals surface area contributed by atoms with Crippen molar-refractivity contribution in [3.8, 4) is 0 Å². The standard InChI is InChI=1S/C20H27N5O/c1-15-7-6-10-25(13-15)19-11-18(22-14-23-19)24-16(2)20(26)21-12-17-8-4-3-5-9-17/h3-5,8-9,11,14-16H,6-7,10,12-13H2,1-2H3,(H,21,26)(H,22,23,24). The summed E-state index contributed by atoms with van der Waals surface area (Å²) in [4.78, 5) is 23.3. The molecule has 2 heterocycles. The summed E-state index contributed by atoms with van der Waals surface area (Å²) in [6.45, 7) is 6.67. The highest BCUT2D eigenvalue weighted by molar-refractivity contribution is 5.83. The van der Waals surface area contributed by atoms with Gasteiger partial charge in [0.05, 0.1) is 0 Å². The van der Waals surface area contributed by atoms with E-state index in [9.17, 15) is 4.79 Å². The maximum Gasteiger partial charge on any atom is 0.242 e. The van der Waals surface area contributed by atoms with Crippen molar-refractivity contribution in [2.75, 3.05) is 23.3 Å². The number of anilines is 2. The number of nitrogens with one attached hydrogen (secondary N) is 2. The average Bonchev–Trinajstić information content (AvgIpc) is 2.67. The first-order chi connectivity index (χ1) is 12.6. The van der Waals surface area contributed by atoms with Crippen molar-refractivity contribution in [3.05, 3.63) is 48.3 Å². The first-order valence-electron chi connectivity index (χ1n) is 9.27. The number of benzene rings is 1. The lowest BCUT2D eigenvalue weighted by Gasteiger charge is -2.31. The number of aromatic nitrogens is 2. The van der Waals surface area contributed by atoms with Gasteiger partial charge in [-0.3, -0.25) is 4.79 Å². The minimum absolute atomic E-state index is 0.0550. The van der Waals surface area contributed by atoms with E-state index in [1.165, 1.54) is 12.8 Å². The molecule has 26 heavy (non-hydrogen) atoms. The highest BCUT2D eigenvalue weighted by Crippen LogP contribution is 2.22. The normalized spacial score (nSPS) is 18.2. The molecule has 1 aliphatic heterocycles. The molecule has 6 nitrogen and oxygen atoms in total. The van der Waals surface area contributed by atoms with Gasteiger partial charge in [0.1, 0.15) is 24.0 Å². The van der Waals surface area contributed by atoms with Crippen LogP contribution >= 0.6 is 0 Å². The minimum Gasteiger partial charge on any atom is -0.358 e. The topological polar surface area (TPSA) is 70.2 Å².